The molecule has 1 heterocycles. The van der Waals surface area contributed by atoms with Crippen LogP contribution in [-0.2, 0) is 0 Å². The summed E-state index contributed by atoms with van der Waals surface area (Å²) in [5.41, 5.74) is 1.74. The third-order valence-electron chi connectivity index (χ3n) is 2.17. The molecule has 2 rings (SSSR count). The van der Waals surface area contributed by atoms with E-state index >= 15 is 0 Å². The minimum absolute atomic E-state index is 0.135. The van der Waals surface area contributed by atoms with Gasteiger partial charge in [0.2, 0.25) is 0 Å². The van der Waals surface area contributed by atoms with Gasteiger partial charge in [-0.15, -0.1) is 0 Å². The molecule has 0 bridgehead atoms. The number of aromatic carboxylic acids is 1. The summed E-state index contributed by atoms with van der Waals surface area (Å²) in [5.74, 6) is -4.11. The number of carboxylic acids is 1. The number of hydrogen-bond acceptors (Lipinski definition) is 2. The monoisotopic (exact) mass is 238 g/mol. The summed E-state index contributed by atoms with van der Waals surface area (Å²) in [5, 5.41) is 8.61. The van der Waals surface area contributed by atoms with Crippen molar-refractivity contribution in [2.75, 3.05) is 5.43 Å². The second-order valence-corrected chi connectivity index (χ2v) is 3.30. The lowest BCUT2D eigenvalue weighted by Crippen LogP contribution is -2.10. The van der Waals surface area contributed by atoms with Gasteiger partial charge in [0, 0.05) is 12.4 Å². The average Bonchev–Trinajstić information content (AvgIpc) is 2.77. The van der Waals surface area contributed by atoms with Crippen molar-refractivity contribution in [1.29, 1.82) is 0 Å². The Balaban J connectivity index is 2.37. The van der Waals surface area contributed by atoms with Gasteiger partial charge >= 0.3 is 5.97 Å². The summed E-state index contributed by atoms with van der Waals surface area (Å²) >= 11 is 0. The van der Waals surface area contributed by atoms with Gasteiger partial charge in [-0.2, -0.15) is 0 Å². The van der Waals surface area contributed by atoms with Crippen molar-refractivity contribution in [2.45, 2.75) is 0 Å². The van der Waals surface area contributed by atoms with Crippen molar-refractivity contribution >= 4 is 11.7 Å². The van der Waals surface area contributed by atoms with Crippen LogP contribution in [0.25, 0.3) is 0 Å². The second-order valence-electron chi connectivity index (χ2n) is 3.30. The SMILES string of the molecule is O=C(O)c1ccc(Nn2cccc2)c(F)c1F. The van der Waals surface area contributed by atoms with E-state index in [2.05, 4.69) is 5.43 Å². The van der Waals surface area contributed by atoms with Crippen LogP contribution in [-0.4, -0.2) is 15.8 Å². The fraction of sp³-hybridized carbons (Fsp3) is 0. The second kappa shape index (κ2) is 4.25. The Kier molecular flexibility index (Phi) is 2.78. The number of nitrogens with zero attached hydrogens (tertiary/aromatic N) is 1. The van der Waals surface area contributed by atoms with Crippen molar-refractivity contribution in [1.82, 2.24) is 4.68 Å². The first-order chi connectivity index (χ1) is 8.09. The Morgan fingerprint density at radius 3 is 2.41 bits per heavy atom. The minimum Gasteiger partial charge on any atom is -0.478 e. The highest BCUT2D eigenvalue weighted by Crippen LogP contribution is 2.20. The molecule has 0 fully saturated rings. The number of carboxylic acid groups (broad SMARTS) is 1. The predicted octanol–water partition coefficient (Wildman–Crippen LogP) is 2.34. The number of anilines is 1. The summed E-state index contributed by atoms with van der Waals surface area (Å²) in [6.45, 7) is 0. The van der Waals surface area contributed by atoms with E-state index < -0.39 is 23.2 Å². The van der Waals surface area contributed by atoms with Crippen LogP contribution in [0.2, 0.25) is 0 Å². The Bertz CT molecular complexity index is 553. The molecule has 0 radical (unpaired) electrons. The van der Waals surface area contributed by atoms with Crippen molar-refractivity contribution < 1.29 is 18.7 Å². The molecule has 0 amide bonds. The van der Waals surface area contributed by atoms with Crippen LogP contribution < -0.4 is 5.43 Å². The highest BCUT2D eigenvalue weighted by Gasteiger charge is 2.17. The van der Waals surface area contributed by atoms with Crippen LogP contribution in [0.5, 0.6) is 0 Å². The molecule has 6 heteroatoms. The van der Waals surface area contributed by atoms with Crippen LogP contribution in [0.15, 0.2) is 36.7 Å². The third kappa shape index (κ3) is 2.10. The zero-order valence-corrected chi connectivity index (χ0v) is 8.52. The Morgan fingerprint density at radius 1 is 1.18 bits per heavy atom. The smallest absolute Gasteiger partial charge is 0.338 e. The number of aromatic nitrogens is 1. The molecule has 1 aromatic carbocycles. The molecular weight excluding hydrogens is 230 g/mol. The highest BCUT2D eigenvalue weighted by atomic mass is 19.2. The molecule has 0 saturated heterocycles. The van der Waals surface area contributed by atoms with Crippen LogP contribution in [0.1, 0.15) is 10.4 Å². The van der Waals surface area contributed by atoms with E-state index in [0.29, 0.717) is 0 Å². The maximum Gasteiger partial charge on any atom is 0.338 e. The zero-order valence-electron chi connectivity index (χ0n) is 8.52. The molecule has 1 aromatic heterocycles. The van der Waals surface area contributed by atoms with Crippen molar-refractivity contribution in [3.8, 4) is 0 Å². The van der Waals surface area contributed by atoms with E-state index in [4.69, 9.17) is 5.11 Å². The van der Waals surface area contributed by atoms with Gasteiger partial charge in [0.05, 0.1) is 11.3 Å². The van der Waals surface area contributed by atoms with E-state index in [1.54, 1.807) is 24.5 Å². The molecule has 0 aliphatic heterocycles. The Hall–Kier alpha value is -2.37. The maximum atomic E-state index is 13.5. The van der Waals surface area contributed by atoms with Gasteiger partial charge < -0.3 is 5.11 Å². The first kappa shape index (κ1) is 11.1. The average molecular weight is 238 g/mol. The number of carbonyl (C=O) groups is 1. The van der Waals surface area contributed by atoms with Gasteiger partial charge in [-0.25, -0.2) is 13.6 Å². The van der Waals surface area contributed by atoms with Crippen molar-refractivity contribution in [2.24, 2.45) is 0 Å². The van der Waals surface area contributed by atoms with Gasteiger partial charge in [0.15, 0.2) is 11.6 Å². The number of nitrogens with one attached hydrogen (secondary N) is 1. The molecule has 0 atom stereocenters. The fourth-order valence-corrected chi connectivity index (χ4v) is 1.35. The molecule has 0 aliphatic rings. The Labute approximate surface area is 95.1 Å². The van der Waals surface area contributed by atoms with Crippen LogP contribution >= 0.6 is 0 Å². The molecule has 0 saturated carbocycles. The number of hydrogen-bond donors (Lipinski definition) is 2. The van der Waals surface area contributed by atoms with Crippen molar-refractivity contribution in [3.63, 3.8) is 0 Å². The summed E-state index contributed by atoms with van der Waals surface area (Å²) in [6, 6.07) is 5.58. The third-order valence-corrected chi connectivity index (χ3v) is 2.17. The molecule has 0 unspecified atom stereocenters. The normalized spacial score (nSPS) is 10.2. The molecule has 2 N–H and O–H groups in total. The standard InChI is InChI=1S/C11H8F2N2O2/c12-9-7(11(16)17)3-4-8(10(9)13)14-15-5-1-2-6-15/h1-6,14H,(H,16,17). The van der Waals surface area contributed by atoms with E-state index in [9.17, 15) is 13.6 Å². The molecule has 17 heavy (non-hydrogen) atoms. The van der Waals surface area contributed by atoms with Gasteiger partial charge in [-0.3, -0.25) is 10.1 Å². The lowest BCUT2D eigenvalue weighted by molar-refractivity contribution is 0.0690. The van der Waals surface area contributed by atoms with E-state index in [1.165, 1.54) is 10.7 Å². The summed E-state index contributed by atoms with van der Waals surface area (Å²) < 4.78 is 28.3. The molecule has 0 spiro atoms. The molecule has 2 aromatic rings. The molecule has 0 aliphatic carbocycles. The van der Waals surface area contributed by atoms with Gasteiger partial charge in [-0.1, -0.05) is 0 Å². The molecule has 4 nitrogen and oxygen atoms in total. The topological polar surface area (TPSA) is 54.3 Å². The summed E-state index contributed by atoms with van der Waals surface area (Å²) in [7, 11) is 0. The van der Waals surface area contributed by atoms with Gasteiger partial charge in [0.25, 0.3) is 0 Å². The number of halogens is 2. The first-order valence-corrected chi connectivity index (χ1v) is 4.71. The van der Waals surface area contributed by atoms with E-state index in [-0.39, 0.29) is 5.69 Å². The van der Waals surface area contributed by atoms with Crippen LogP contribution in [0.4, 0.5) is 14.5 Å². The minimum atomic E-state index is -1.51. The fourth-order valence-electron chi connectivity index (χ4n) is 1.35. The quantitative estimate of drug-likeness (QED) is 0.862. The number of benzene rings is 1. The lowest BCUT2D eigenvalue weighted by atomic mass is 10.2. The van der Waals surface area contributed by atoms with Gasteiger partial charge in [-0.05, 0) is 24.3 Å². The van der Waals surface area contributed by atoms with Gasteiger partial charge in [0.1, 0.15) is 0 Å². The highest BCUT2D eigenvalue weighted by molar-refractivity contribution is 5.88. The van der Waals surface area contributed by atoms with Crippen molar-refractivity contribution in [3.05, 3.63) is 53.9 Å². The van der Waals surface area contributed by atoms with E-state index in [0.717, 1.165) is 6.07 Å². The maximum absolute atomic E-state index is 13.5. The lowest BCUT2D eigenvalue weighted by Gasteiger charge is -2.09. The summed E-state index contributed by atoms with van der Waals surface area (Å²) in [4.78, 5) is 10.6. The largest absolute Gasteiger partial charge is 0.478 e. The van der Waals surface area contributed by atoms with E-state index in [1.807, 2.05) is 0 Å². The summed E-state index contributed by atoms with van der Waals surface area (Å²) in [6.07, 6.45) is 3.20. The molecule has 88 valence electrons. The first-order valence-electron chi connectivity index (χ1n) is 4.71. The van der Waals surface area contributed by atoms with Crippen LogP contribution in [0, 0.1) is 11.6 Å². The van der Waals surface area contributed by atoms with Crippen LogP contribution in [0.3, 0.4) is 0 Å². The molecular formula is C11H8F2N2O2. The Morgan fingerprint density at radius 2 is 1.82 bits per heavy atom. The zero-order chi connectivity index (χ0) is 12.4. The number of rotatable bonds is 3. The predicted molar refractivity (Wildman–Crippen MR) is 56.8 cm³/mol.